The molecule has 104 valence electrons. The lowest BCUT2D eigenvalue weighted by atomic mass is 10.2. The third-order valence-corrected chi connectivity index (χ3v) is 2.96. The summed E-state index contributed by atoms with van der Waals surface area (Å²) < 4.78 is 37.3. The molecule has 0 fully saturated rings. The van der Waals surface area contributed by atoms with Gasteiger partial charge in [0.2, 0.25) is 5.91 Å². The molecule has 1 rings (SSSR count). The van der Waals surface area contributed by atoms with Crippen molar-refractivity contribution in [3.8, 4) is 0 Å². The smallest absolute Gasteiger partial charge is 0.416 e. The second-order valence-corrected chi connectivity index (χ2v) is 4.53. The Hall–Kier alpha value is -1.70. The predicted octanol–water partition coefficient (Wildman–Crippen LogP) is 2.00. The average Bonchev–Trinajstić information content (AvgIpc) is 2.33. The van der Waals surface area contributed by atoms with E-state index >= 15 is 0 Å². The lowest BCUT2D eigenvalue weighted by molar-refractivity contribution is -0.138. The molecule has 19 heavy (non-hydrogen) atoms. The van der Waals surface area contributed by atoms with Crippen LogP contribution in [0.3, 0.4) is 0 Å². The number of aliphatic carboxylic acids is 1. The van der Waals surface area contributed by atoms with Crippen molar-refractivity contribution in [2.45, 2.75) is 11.1 Å². The first kappa shape index (κ1) is 15.4. The van der Waals surface area contributed by atoms with Crippen LogP contribution in [-0.2, 0) is 15.8 Å². The molecule has 0 atom stereocenters. The number of carboxylic acid groups (broad SMARTS) is 1. The van der Waals surface area contributed by atoms with Crippen LogP contribution in [-0.4, -0.2) is 29.3 Å². The number of carbonyl (C=O) groups excluding carboxylic acids is 1. The maximum atomic E-state index is 12.4. The van der Waals surface area contributed by atoms with Gasteiger partial charge in [-0.05, 0) is 18.2 Å². The van der Waals surface area contributed by atoms with Crippen molar-refractivity contribution >= 4 is 23.6 Å². The summed E-state index contributed by atoms with van der Waals surface area (Å²) in [5.41, 5.74) is -0.788. The van der Waals surface area contributed by atoms with E-state index in [2.05, 4.69) is 5.32 Å². The number of amides is 1. The van der Waals surface area contributed by atoms with Gasteiger partial charge in [-0.1, -0.05) is 6.07 Å². The van der Waals surface area contributed by atoms with Crippen LogP contribution in [0.1, 0.15) is 5.56 Å². The molecule has 0 aromatic heterocycles. The average molecular weight is 293 g/mol. The molecule has 1 amide bonds. The van der Waals surface area contributed by atoms with Crippen molar-refractivity contribution in [2.75, 3.05) is 12.3 Å². The maximum absolute atomic E-state index is 12.4. The van der Waals surface area contributed by atoms with Crippen LogP contribution in [0.25, 0.3) is 0 Å². The predicted molar refractivity (Wildman–Crippen MR) is 62.8 cm³/mol. The van der Waals surface area contributed by atoms with Gasteiger partial charge in [-0.15, -0.1) is 11.8 Å². The molecule has 0 aliphatic rings. The Bertz CT molecular complexity index is 476. The van der Waals surface area contributed by atoms with Gasteiger partial charge in [0.15, 0.2) is 0 Å². The van der Waals surface area contributed by atoms with E-state index in [0.29, 0.717) is 4.90 Å². The van der Waals surface area contributed by atoms with Gasteiger partial charge < -0.3 is 10.4 Å². The van der Waals surface area contributed by atoms with Gasteiger partial charge in [-0.2, -0.15) is 13.2 Å². The molecule has 0 saturated heterocycles. The number of nitrogens with one attached hydrogen (secondary N) is 1. The van der Waals surface area contributed by atoms with Crippen LogP contribution >= 0.6 is 11.8 Å². The van der Waals surface area contributed by atoms with Crippen molar-refractivity contribution in [1.29, 1.82) is 0 Å². The Morgan fingerprint density at radius 2 is 2.00 bits per heavy atom. The van der Waals surface area contributed by atoms with E-state index in [1.807, 2.05) is 0 Å². The first-order valence-corrected chi connectivity index (χ1v) is 6.06. The minimum Gasteiger partial charge on any atom is -0.480 e. The van der Waals surface area contributed by atoms with Gasteiger partial charge in [-0.25, -0.2) is 0 Å². The summed E-state index contributed by atoms with van der Waals surface area (Å²) in [6.45, 7) is -0.512. The van der Waals surface area contributed by atoms with Gasteiger partial charge in [0.1, 0.15) is 6.54 Å². The van der Waals surface area contributed by atoms with Crippen LogP contribution in [0, 0.1) is 0 Å². The van der Waals surface area contributed by atoms with Crippen molar-refractivity contribution < 1.29 is 27.9 Å². The van der Waals surface area contributed by atoms with Crippen LogP contribution in [0.4, 0.5) is 13.2 Å². The number of hydrogen-bond acceptors (Lipinski definition) is 3. The van der Waals surface area contributed by atoms with Crippen molar-refractivity contribution in [1.82, 2.24) is 5.32 Å². The molecule has 0 heterocycles. The SMILES string of the molecule is O=C(O)CNC(=O)CSc1cccc(C(F)(F)F)c1. The topological polar surface area (TPSA) is 66.4 Å². The molecule has 0 aliphatic heterocycles. The molecule has 0 bridgehead atoms. The lowest BCUT2D eigenvalue weighted by Gasteiger charge is -2.08. The molecule has 1 aromatic carbocycles. The quantitative estimate of drug-likeness (QED) is 0.815. The number of carboxylic acids is 1. The highest BCUT2D eigenvalue weighted by atomic mass is 32.2. The summed E-state index contributed by atoms with van der Waals surface area (Å²) in [5, 5.41) is 10.4. The van der Waals surface area contributed by atoms with E-state index in [1.54, 1.807) is 0 Å². The molecule has 0 unspecified atom stereocenters. The van der Waals surface area contributed by atoms with Crippen LogP contribution in [0.15, 0.2) is 29.2 Å². The molecule has 1 aromatic rings. The molecule has 4 nitrogen and oxygen atoms in total. The molecule has 2 N–H and O–H groups in total. The first-order valence-electron chi connectivity index (χ1n) is 5.07. The summed E-state index contributed by atoms with van der Waals surface area (Å²) in [7, 11) is 0. The Balaban J connectivity index is 2.54. The molecule has 0 saturated carbocycles. The normalized spacial score (nSPS) is 11.1. The summed E-state index contributed by atoms with van der Waals surface area (Å²) >= 11 is 0.905. The van der Waals surface area contributed by atoms with E-state index in [9.17, 15) is 22.8 Å². The van der Waals surface area contributed by atoms with E-state index < -0.39 is 30.2 Å². The minimum absolute atomic E-state index is 0.144. The van der Waals surface area contributed by atoms with E-state index in [4.69, 9.17) is 5.11 Å². The van der Waals surface area contributed by atoms with Gasteiger partial charge in [0.25, 0.3) is 0 Å². The Labute approximate surface area is 111 Å². The fourth-order valence-electron chi connectivity index (χ4n) is 1.14. The Kier molecular flexibility index (Phi) is 5.22. The zero-order valence-electron chi connectivity index (χ0n) is 9.53. The molecule has 0 radical (unpaired) electrons. The summed E-state index contributed by atoms with van der Waals surface area (Å²) in [6, 6.07) is 4.58. The molecule has 0 aliphatic carbocycles. The van der Waals surface area contributed by atoms with Crippen LogP contribution < -0.4 is 5.32 Å². The largest absolute Gasteiger partial charge is 0.480 e. The molecule has 0 spiro atoms. The highest BCUT2D eigenvalue weighted by Crippen LogP contribution is 2.31. The summed E-state index contributed by atoms with van der Waals surface area (Å²) in [5.74, 6) is -1.88. The molecular formula is C11H10F3NO3S. The van der Waals surface area contributed by atoms with Crippen molar-refractivity contribution in [2.24, 2.45) is 0 Å². The highest BCUT2D eigenvalue weighted by Gasteiger charge is 2.30. The zero-order chi connectivity index (χ0) is 14.5. The highest BCUT2D eigenvalue weighted by molar-refractivity contribution is 8.00. The summed E-state index contributed by atoms with van der Waals surface area (Å²) in [6.07, 6.45) is -4.43. The zero-order valence-corrected chi connectivity index (χ0v) is 10.3. The summed E-state index contributed by atoms with van der Waals surface area (Å²) in [4.78, 5) is 21.7. The van der Waals surface area contributed by atoms with Gasteiger partial charge >= 0.3 is 12.1 Å². The third kappa shape index (κ3) is 5.64. The van der Waals surface area contributed by atoms with E-state index in [1.165, 1.54) is 12.1 Å². The fourth-order valence-corrected chi connectivity index (χ4v) is 1.92. The maximum Gasteiger partial charge on any atom is 0.416 e. The molecule has 8 heteroatoms. The van der Waals surface area contributed by atoms with Crippen molar-refractivity contribution in [3.05, 3.63) is 29.8 Å². The second kappa shape index (κ2) is 6.46. The molecular weight excluding hydrogens is 283 g/mol. The number of halogens is 3. The second-order valence-electron chi connectivity index (χ2n) is 3.48. The van der Waals surface area contributed by atoms with Crippen LogP contribution in [0.2, 0.25) is 0 Å². The first-order chi connectivity index (χ1) is 8.79. The Morgan fingerprint density at radius 1 is 1.32 bits per heavy atom. The number of thioether (sulfide) groups is 1. The van der Waals surface area contributed by atoms with Gasteiger partial charge in [0, 0.05) is 4.90 Å². The lowest BCUT2D eigenvalue weighted by Crippen LogP contribution is -2.30. The number of alkyl halides is 3. The van der Waals surface area contributed by atoms with Crippen LogP contribution in [0.5, 0.6) is 0 Å². The number of hydrogen-bond donors (Lipinski definition) is 2. The number of rotatable bonds is 5. The number of carbonyl (C=O) groups is 2. The van der Waals surface area contributed by atoms with E-state index in [0.717, 1.165) is 23.9 Å². The standard InChI is InChI=1S/C11H10F3NO3S/c12-11(13,14)7-2-1-3-8(4-7)19-6-9(16)15-5-10(17)18/h1-4H,5-6H2,(H,15,16)(H,17,18). The van der Waals surface area contributed by atoms with Gasteiger partial charge in [-0.3, -0.25) is 9.59 Å². The monoisotopic (exact) mass is 293 g/mol. The van der Waals surface area contributed by atoms with Crippen molar-refractivity contribution in [3.63, 3.8) is 0 Å². The Morgan fingerprint density at radius 3 is 2.58 bits per heavy atom. The number of benzene rings is 1. The third-order valence-electron chi connectivity index (χ3n) is 1.97. The van der Waals surface area contributed by atoms with E-state index in [-0.39, 0.29) is 5.75 Å². The fraction of sp³-hybridized carbons (Fsp3) is 0.273. The van der Waals surface area contributed by atoms with Gasteiger partial charge in [0.05, 0.1) is 11.3 Å². The minimum atomic E-state index is -4.43.